The van der Waals surface area contributed by atoms with Crippen LogP contribution in [-0.4, -0.2) is 28.5 Å². The van der Waals surface area contributed by atoms with E-state index in [0.29, 0.717) is 13.0 Å². The molecule has 5 nitrogen and oxygen atoms in total. The lowest BCUT2D eigenvalue weighted by Gasteiger charge is -2.19. The lowest BCUT2D eigenvalue weighted by atomic mass is 10.1. The van der Waals surface area contributed by atoms with Crippen LogP contribution in [0.25, 0.3) is 0 Å². The number of aromatic hydroxyl groups is 2. The Morgan fingerprint density at radius 1 is 1.32 bits per heavy atom. The summed E-state index contributed by atoms with van der Waals surface area (Å²) >= 11 is 2.07. The van der Waals surface area contributed by atoms with Crippen molar-refractivity contribution in [1.82, 2.24) is 5.32 Å². The highest BCUT2D eigenvalue weighted by Gasteiger charge is 2.15. The number of amides is 1. The number of hydrogen-bond donors (Lipinski definition) is 3. The van der Waals surface area contributed by atoms with Crippen LogP contribution in [0.4, 0.5) is 4.79 Å². The molecule has 1 aromatic rings. The Bertz CT molecular complexity index is 468. The van der Waals surface area contributed by atoms with Gasteiger partial charge in [-0.3, -0.25) is 0 Å². The fourth-order valence-corrected chi connectivity index (χ4v) is 2.12. The van der Waals surface area contributed by atoms with E-state index in [9.17, 15) is 15.0 Å². The van der Waals surface area contributed by atoms with Crippen LogP contribution in [0.1, 0.15) is 26.3 Å². The Morgan fingerprint density at radius 2 is 1.89 bits per heavy atom. The normalized spacial score (nSPS) is 11.2. The molecule has 0 radical (unpaired) electrons. The molecule has 0 atom stereocenters. The zero-order chi connectivity index (χ0) is 14.6. The van der Waals surface area contributed by atoms with Crippen LogP contribution in [0.3, 0.4) is 0 Å². The van der Waals surface area contributed by atoms with Crippen LogP contribution in [-0.2, 0) is 11.2 Å². The second-order valence-corrected chi connectivity index (χ2v) is 6.27. The summed E-state index contributed by atoms with van der Waals surface area (Å²) in [5.74, 6) is -0.305. The molecule has 0 aliphatic heterocycles. The molecule has 0 saturated heterocycles. The molecule has 0 aliphatic rings. The van der Waals surface area contributed by atoms with Crippen LogP contribution < -0.4 is 5.32 Å². The van der Waals surface area contributed by atoms with Crippen LogP contribution in [0.5, 0.6) is 11.5 Å². The van der Waals surface area contributed by atoms with E-state index in [1.807, 2.05) is 0 Å². The van der Waals surface area contributed by atoms with Gasteiger partial charge in [0, 0.05) is 10.1 Å². The van der Waals surface area contributed by atoms with E-state index in [-0.39, 0.29) is 11.5 Å². The lowest BCUT2D eigenvalue weighted by molar-refractivity contribution is 0.0528. The van der Waals surface area contributed by atoms with Gasteiger partial charge >= 0.3 is 6.09 Å². The molecule has 0 fully saturated rings. The van der Waals surface area contributed by atoms with Crippen molar-refractivity contribution >= 4 is 28.7 Å². The third-order valence-electron chi connectivity index (χ3n) is 2.21. The number of halogens is 1. The summed E-state index contributed by atoms with van der Waals surface area (Å²) in [6, 6.07) is 2.98. The molecule has 1 aromatic carbocycles. The van der Waals surface area contributed by atoms with Crippen molar-refractivity contribution in [2.24, 2.45) is 0 Å². The Balaban J connectivity index is 2.50. The molecule has 6 heteroatoms. The third-order valence-corrected chi connectivity index (χ3v) is 3.21. The number of nitrogens with one attached hydrogen (secondary N) is 1. The molecule has 1 rings (SSSR count). The molecular formula is C13H18INO4. The maximum absolute atomic E-state index is 11.4. The average Bonchev–Trinajstić information content (AvgIpc) is 2.22. The Morgan fingerprint density at radius 3 is 2.47 bits per heavy atom. The molecular weight excluding hydrogens is 361 g/mol. The highest BCUT2D eigenvalue weighted by Crippen LogP contribution is 2.29. The number of hydrogen-bond acceptors (Lipinski definition) is 4. The first-order valence-electron chi connectivity index (χ1n) is 5.86. The van der Waals surface area contributed by atoms with Crippen LogP contribution in [0, 0.1) is 3.57 Å². The summed E-state index contributed by atoms with van der Waals surface area (Å²) in [5.41, 5.74) is 0.335. The molecule has 3 N–H and O–H groups in total. The van der Waals surface area contributed by atoms with Gasteiger partial charge in [-0.25, -0.2) is 4.79 Å². The molecule has 0 aliphatic carbocycles. The number of phenolic OH excluding ortho intramolecular Hbond substituents is 2. The van der Waals surface area contributed by atoms with Crippen molar-refractivity contribution < 1.29 is 19.7 Å². The van der Waals surface area contributed by atoms with Gasteiger partial charge in [-0.05, 0) is 67.5 Å². The summed E-state index contributed by atoms with van der Waals surface area (Å²) in [6.07, 6.45) is 0.0799. The molecule has 0 aromatic heterocycles. The van der Waals surface area contributed by atoms with Crippen molar-refractivity contribution in [2.75, 3.05) is 6.54 Å². The van der Waals surface area contributed by atoms with Crippen LogP contribution in [0.15, 0.2) is 12.1 Å². The Kier molecular flexibility index (Phi) is 5.28. The van der Waals surface area contributed by atoms with E-state index in [0.717, 1.165) is 9.13 Å². The molecule has 0 heterocycles. The second kappa shape index (κ2) is 6.31. The minimum atomic E-state index is -0.519. The van der Waals surface area contributed by atoms with Gasteiger partial charge in [0.05, 0.1) is 0 Å². The van der Waals surface area contributed by atoms with Crippen molar-refractivity contribution in [1.29, 1.82) is 0 Å². The van der Waals surface area contributed by atoms with E-state index in [4.69, 9.17) is 4.74 Å². The smallest absolute Gasteiger partial charge is 0.407 e. The van der Waals surface area contributed by atoms with E-state index >= 15 is 0 Å². The molecule has 0 unspecified atom stereocenters. The van der Waals surface area contributed by atoms with Gasteiger partial charge in [-0.15, -0.1) is 0 Å². The number of ether oxygens (including phenoxy) is 1. The molecule has 1 amide bonds. The number of alkyl carbamates (subject to hydrolysis) is 1. The number of phenols is 2. The summed E-state index contributed by atoms with van der Waals surface area (Å²) in [7, 11) is 0. The van der Waals surface area contributed by atoms with Crippen molar-refractivity contribution in [3.05, 3.63) is 21.3 Å². The van der Waals surface area contributed by atoms with Crippen LogP contribution >= 0.6 is 22.6 Å². The highest BCUT2D eigenvalue weighted by molar-refractivity contribution is 14.1. The molecule has 0 spiro atoms. The van der Waals surface area contributed by atoms with Gasteiger partial charge in [0.2, 0.25) is 0 Å². The predicted molar refractivity (Wildman–Crippen MR) is 80.4 cm³/mol. The monoisotopic (exact) mass is 379 g/mol. The SMILES string of the molecule is CC(C)(C)OC(=O)NCCc1cc(O)c(O)cc1I. The first kappa shape index (κ1) is 15.9. The number of carbonyl (C=O) groups is 1. The third kappa shape index (κ3) is 5.54. The van der Waals surface area contributed by atoms with Gasteiger partial charge < -0.3 is 20.3 Å². The van der Waals surface area contributed by atoms with Crippen molar-refractivity contribution in [3.8, 4) is 11.5 Å². The Hall–Kier alpha value is -1.18. The minimum absolute atomic E-state index is 0.145. The van der Waals surface area contributed by atoms with Gasteiger partial charge in [0.15, 0.2) is 11.5 Å². The van der Waals surface area contributed by atoms with E-state index in [2.05, 4.69) is 27.9 Å². The first-order valence-corrected chi connectivity index (χ1v) is 6.94. The van der Waals surface area contributed by atoms with Gasteiger partial charge in [0.1, 0.15) is 5.60 Å². The van der Waals surface area contributed by atoms with Gasteiger partial charge in [-0.2, -0.15) is 0 Å². The van der Waals surface area contributed by atoms with E-state index in [1.165, 1.54) is 12.1 Å². The second-order valence-electron chi connectivity index (χ2n) is 5.11. The zero-order valence-corrected chi connectivity index (χ0v) is 13.3. The number of carbonyl (C=O) groups excluding carboxylic acids is 1. The maximum atomic E-state index is 11.4. The molecule has 106 valence electrons. The van der Waals surface area contributed by atoms with Crippen molar-refractivity contribution in [2.45, 2.75) is 32.8 Å². The number of benzene rings is 1. The minimum Gasteiger partial charge on any atom is -0.504 e. The maximum Gasteiger partial charge on any atom is 0.407 e. The summed E-state index contributed by atoms with van der Waals surface area (Å²) in [4.78, 5) is 11.4. The fourth-order valence-electron chi connectivity index (χ4n) is 1.40. The fraction of sp³-hybridized carbons (Fsp3) is 0.462. The zero-order valence-electron chi connectivity index (χ0n) is 11.2. The predicted octanol–water partition coefficient (Wildman–Crippen LogP) is 2.77. The topological polar surface area (TPSA) is 78.8 Å². The largest absolute Gasteiger partial charge is 0.504 e. The molecule has 19 heavy (non-hydrogen) atoms. The van der Waals surface area contributed by atoms with Gasteiger partial charge in [0.25, 0.3) is 0 Å². The average molecular weight is 379 g/mol. The standard InChI is InChI=1S/C13H18INO4/c1-13(2,3)19-12(18)15-5-4-8-6-10(16)11(17)7-9(8)14/h6-7,16-17H,4-5H2,1-3H3,(H,15,18). The summed E-state index contributed by atoms with van der Waals surface area (Å²) in [6.45, 7) is 5.80. The van der Waals surface area contributed by atoms with Crippen LogP contribution in [0.2, 0.25) is 0 Å². The van der Waals surface area contributed by atoms with Gasteiger partial charge in [-0.1, -0.05) is 0 Å². The highest BCUT2D eigenvalue weighted by atomic mass is 127. The quantitative estimate of drug-likeness (QED) is 0.558. The van der Waals surface area contributed by atoms with E-state index in [1.54, 1.807) is 20.8 Å². The number of rotatable bonds is 3. The lowest BCUT2D eigenvalue weighted by Crippen LogP contribution is -2.33. The van der Waals surface area contributed by atoms with Crippen molar-refractivity contribution in [3.63, 3.8) is 0 Å². The Labute approximate surface area is 126 Å². The first-order chi connectivity index (χ1) is 8.69. The summed E-state index contributed by atoms with van der Waals surface area (Å²) < 4.78 is 5.94. The molecule has 0 saturated carbocycles. The summed E-state index contributed by atoms with van der Waals surface area (Å²) in [5, 5.41) is 21.4. The molecule has 0 bridgehead atoms. The van der Waals surface area contributed by atoms with E-state index < -0.39 is 11.7 Å².